The first kappa shape index (κ1) is 20.0. The molecule has 1 atom stereocenters. The first-order valence-electron chi connectivity index (χ1n) is 9.01. The molecule has 26 heavy (non-hydrogen) atoms. The van der Waals surface area contributed by atoms with E-state index in [0.717, 1.165) is 12.8 Å². The van der Waals surface area contributed by atoms with Crippen LogP contribution < -0.4 is 5.32 Å². The molecule has 1 heterocycles. The highest BCUT2D eigenvalue weighted by atomic mass is 19.1. The van der Waals surface area contributed by atoms with Gasteiger partial charge < -0.3 is 19.9 Å². The van der Waals surface area contributed by atoms with Gasteiger partial charge in [-0.2, -0.15) is 0 Å². The average molecular weight is 365 g/mol. The Morgan fingerprint density at radius 1 is 1.27 bits per heavy atom. The van der Waals surface area contributed by atoms with Gasteiger partial charge in [0.05, 0.1) is 11.7 Å². The van der Waals surface area contributed by atoms with Crippen LogP contribution in [0.25, 0.3) is 0 Å². The Balaban J connectivity index is 2.04. The van der Waals surface area contributed by atoms with Crippen LogP contribution in [0.5, 0.6) is 0 Å². The lowest BCUT2D eigenvalue weighted by Crippen LogP contribution is -2.58. The van der Waals surface area contributed by atoms with E-state index in [0.29, 0.717) is 19.6 Å². The van der Waals surface area contributed by atoms with E-state index >= 15 is 0 Å². The Morgan fingerprint density at radius 3 is 2.58 bits per heavy atom. The summed E-state index contributed by atoms with van der Waals surface area (Å²) in [5.74, 6) is -0.472. The molecule has 0 aliphatic carbocycles. The largest absolute Gasteiger partial charge is 0.444 e. The van der Waals surface area contributed by atoms with Crippen LogP contribution in [0.1, 0.15) is 40.5 Å². The van der Waals surface area contributed by atoms with E-state index in [2.05, 4.69) is 5.32 Å². The predicted octanol–water partition coefficient (Wildman–Crippen LogP) is 4.08. The lowest BCUT2D eigenvalue weighted by Gasteiger charge is -2.41. The molecule has 1 aliphatic heterocycles. The fraction of sp³-hybridized carbons (Fsp3) is 0.579. The lowest BCUT2D eigenvalue weighted by molar-refractivity contribution is 0.00899. The summed E-state index contributed by atoms with van der Waals surface area (Å²) in [6.45, 7) is 8.68. The van der Waals surface area contributed by atoms with Crippen LogP contribution in [0.15, 0.2) is 24.3 Å². The third kappa shape index (κ3) is 5.34. The molecule has 1 aromatic rings. The number of anilines is 1. The summed E-state index contributed by atoms with van der Waals surface area (Å²) in [5, 5.41) is 2.63. The van der Waals surface area contributed by atoms with Gasteiger partial charge in [-0.05, 0) is 39.3 Å². The molecule has 1 fully saturated rings. The number of hydrogen-bond donors (Lipinski definition) is 1. The molecule has 0 unspecified atom stereocenters. The Bertz CT molecular complexity index is 645. The van der Waals surface area contributed by atoms with E-state index in [1.807, 2.05) is 27.7 Å². The van der Waals surface area contributed by atoms with Crippen LogP contribution in [0.3, 0.4) is 0 Å². The monoisotopic (exact) mass is 365 g/mol. The number of rotatable bonds is 3. The summed E-state index contributed by atoms with van der Waals surface area (Å²) in [4.78, 5) is 28.2. The SMILES string of the molecule is CCC[C@@H]1CN(C(=O)OC(C)(C)C)CCN1C(=O)Nc1ccccc1F. The number of hydrogen-bond acceptors (Lipinski definition) is 3. The van der Waals surface area contributed by atoms with E-state index in [-0.39, 0.29) is 23.9 Å². The van der Waals surface area contributed by atoms with Crippen molar-refractivity contribution in [1.82, 2.24) is 9.80 Å². The summed E-state index contributed by atoms with van der Waals surface area (Å²) in [6, 6.07) is 5.59. The van der Waals surface area contributed by atoms with Crippen molar-refractivity contribution in [2.24, 2.45) is 0 Å². The number of amides is 3. The molecule has 1 N–H and O–H groups in total. The average Bonchev–Trinajstić information content (AvgIpc) is 2.55. The van der Waals surface area contributed by atoms with Crippen molar-refractivity contribution < 1.29 is 18.7 Å². The van der Waals surface area contributed by atoms with Crippen molar-refractivity contribution in [3.63, 3.8) is 0 Å². The number of piperazine rings is 1. The molecule has 2 rings (SSSR count). The third-order valence-electron chi connectivity index (χ3n) is 4.13. The van der Waals surface area contributed by atoms with Crippen molar-refractivity contribution >= 4 is 17.8 Å². The van der Waals surface area contributed by atoms with Crippen LogP contribution in [-0.4, -0.2) is 53.2 Å². The number of urea groups is 1. The van der Waals surface area contributed by atoms with Crippen molar-refractivity contribution in [1.29, 1.82) is 0 Å². The van der Waals surface area contributed by atoms with Crippen molar-refractivity contribution in [2.75, 3.05) is 25.0 Å². The van der Waals surface area contributed by atoms with Gasteiger partial charge in [0, 0.05) is 19.6 Å². The maximum absolute atomic E-state index is 13.8. The number of carbonyl (C=O) groups excluding carboxylic acids is 2. The molecule has 0 radical (unpaired) electrons. The zero-order valence-electron chi connectivity index (χ0n) is 15.9. The summed E-state index contributed by atoms with van der Waals surface area (Å²) < 4.78 is 19.2. The molecule has 0 bridgehead atoms. The second-order valence-electron chi connectivity index (χ2n) is 7.47. The minimum atomic E-state index is -0.559. The van der Waals surface area contributed by atoms with Crippen LogP contribution in [0.2, 0.25) is 0 Å². The highest BCUT2D eigenvalue weighted by Crippen LogP contribution is 2.20. The minimum absolute atomic E-state index is 0.131. The first-order chi connectivity index (χ1) is 12.2. The molecular formula is C19H28FN3O3. The highest BCUT2D eigenvalue weighted by molar-refractivity contribution is 5.89. The topological polar surface area (TPSA) is 61.9 Å². The van der Waals surface area contributed by atoms with Gasteiger partial charge in [-0.1, -0.05) is 25.5 Å². The smallest absolute Gasteiger partial charge is 0.410 e. The van der Waals surface area contributed by atoms with Crippen molar-refractivity contribution in [3.8, 4) is 0 Å². The van der Waals surface area contributed by atoms with Crippen molar-refractivity contribution in [3.05, 3.63) is 30.1 Å². The maximum Gasteiger partial charge on any atom is 0.410 e. The normalized spacial score (nSPS) is 17.8. The van der Waals surface area contributed by atoms with Gasteiger partial charge in [0.1, 0.15) is 11.4 Å². The van der Waals surface area contributed by atoms with Gasteiger partial charge in [-0.25, -0.2) is 14.0 Å². The summed E-state index contributed by atoms with van der Waals surface area (Å²) in [7, 11) is 0. The quantitative estimate of drug-likeness (QED) is 0.878. The van der Waals surface area contributed by atoms with E-state index in [1.54, 1.807) is 21.9 Å². The van der Waals surface area contributed by atoms with E-state index in [4.69, 9.17) is 4.74 Å². The summed E-state index contributed by atoms with van der Waals surface area (Å²) in [5.41, 5.74) is -0.404. The number of para-hydroxylation sites is 1. The molecule has 6 nitrogen and oxygen atoms in total. The van der Waals surface area contributed by atoms with Gasteiger partial charge in [0.15, 0.2) is 0 Å². The standard InChI is InChI=1S/C19H28FN3O3/c1-5-8-14-13-22(18(25)26-19(2,3)4)11-12-23(14)17(24)21-16-10-7-6-9-15(16)20/h6-7,9-10,14H,5,8,11-13H2,1-4H3,(H,21,24)/t14-/m1/s1. The Hall–Kier alpha value is -2.31. The van der Waals surface area contributed by atoms with Crippen LogP contribution in [-0.2, 0) is 4.74 Å². The zero-order valence-corrected chi connectivity index (χ0v) is 15.9. The Morgan fingerprint density at radius 2 is 1.96 bits per heavy atom. The Labute approximate surface area is 154 Å². The van der Waals surface area contributed by atoms with E-state index in [9.17, 15) is 14.0 Å². The molecule has 1 saturated heterocycles. The molecule has 0 saturated carbocycles. The minimum Gasteiger partial charge on any atom is -0.444 e. The maximum atomic E-state index is 13.8. The summed E-state index contributed by atoms with van der Waals surface area (Å²) >= 11 is 0. The molecule has 1 aliphatic rings. The molecule has 1 aromatic carbocycles. The molecule has 0 spiro atoms. The zero-order chi connectivity index (χ0) is 19.3. The second-order valence-corrected chi connectivity index (χ2v) is 7.47. The van der Waals surface area contributed by atoms with E-state index < -0.39 is 11.4 Å². The number of carbonyl (C=O) groups is 2. The molecule has 144 valence electrons. The number of halogens is 1. The first-order valence-corrected chi connectivity index (χ1v) is 9.01. The van der Waals surface area contributed by atoms with Crippen LogP contribution in [0.4, 0.5) is 19.7 Å². The second kappa shape index (κ2) is 8.38. The summed E-state index contributed by atoms with van der Waals surface area (Å²) in [6.07, 6.45) is 1.26. The Kier molecular flexibility index (Phi) is 6.45. The predicted molar refractivity (Wildman–Crippen MR) is 98.6 cm³/mol. The molecule has 7 heteroatoms. The number of benzene rings is 1. The molecule has 3 amide bonds. The molecular weight excluding hydrogens is 337 g/mol. The third-order valence-corrected chi connectivity index (χ3v) is 4.13. The fourth-order valence-electron chi connectivity index (χ4n) is 2.94. The van der Waals surface area contributed by atoms with Gasteiger partial charge in [-0.15, -0.1) is 0 Å². The highest BCUT2D eigenvalue weighted by Gasteiger charge is 2.34. The number of ether oxygens (including phenoxy) is 1. The van der Waals surface area contributed by atoms with Gasteiger partial charge in [0.25, 0.3) is 0 Å². The van der Waals surface area contributed by atoms with Crippen LogP contribution >= 0.6 is 0 Å². The van der Waals surface area contributed by atoms with Crippen molar-refractivity contribution in [2.45, 2.75) is 52.2 Å². The lowest BCUT2D eigenvalue weighted by atomic mass is 10.1. The number of nitrogens with one attached hydrogen (secondary N) is 1. The van der Waals surface area contributed by atoms with Gasteiger partial charge in [0.2, 0.25) is 0 Å². The molecule has 0 aromatic heterocycles. The van der Waals surface area contributed by atoms with Gasteiger partial charge >= 0.3 is 12.1 Å². The number of nitrogens with zero attached hydrogens (tertiary/aromatic N) is 2. The van der Waals surface area contributed by atoms with Gasteiger partial charge in [-0.3, -0.25) is 0 Å². The fourth-order valence-corrected chi connectivity index (χ4v) is 2.94. The van der Waals surface area contributed by atoms with Crippen LogP contribution in [0, 0.1) is 5.82 Å². The van der Waals surface area contributed by atoms with E-state index in [1.165, 1.54) is 12.1 Å².